The molecule has 0 spiro atoms. The Morgan fingerprint density at radius 3 is 2.47 bits per heavy atom. The fraction of sp³-hybridized carbons (Fsp3) is 1.00. The number of nitrogens with zero attached hydrogens (tertiary/aromatic N) is 1. The molecule has 88 valence electrons. The highest BCUT2D eigenvalue weighted by Gasteiger charge is 2.30. The lowest BCUT2D eigenvalue weighted by atomic mass is 9.85. The summed E-state index contributed by atoms with van der Waals surface area (Å²) in [6.45, 7) is 3.96. The van der Waals surface area contributed by atoms with E-state index in [0.29, 0.717) is 12.6 Å². The summed E-state index contributed by atoms with van der Waals surface area (Å²) in [6, 6.07) is 1.25. The maximum atomic E-state index is 9.40. The molecule has 2 aliphatic rings. The average molecular weight is 211 g/mol. The molecule has 0 aromatic rings. The topological polar surface area (TPSA) is 23.5 Å². The van der Waals surface area contributed by atoms with Crippen LogP contribution in [0.2, 0.25) is 0 Å². The van der Waals surface area contributed by atoms with Crippen LogP contribution in [0.5, 0.6) is 0 Å². The number of aliphatic hydroxyl groups is 1. The van der Waals surface area contributed by atoms with Gasteiger partial charge in [0.25, 0.3) is 0 Å². The summed E-state index contributed by atoms with van der Waals surface area (Å²) in [5.74, 6) is 0.929. The Bertz CT molecular complexity index is 187. The summed E-state index contributed by atoms with van der Waals surface area (Å²) < 4.78 is 0. The van der Waals surface area contributed by atoms with E-state index in [9.17, 15) is 5.11 Å². The van der Waals surface area contributed by atoms with Gasteiger partial charge in [0.05, 0.1) is 6.61 Å². The second-order valence-corrected chi connectivity index (χ2v) is 5.48. The lowest BCUT2D eigenvalue weighted by Gasteiger charge is -2.43. The summed E-state index contributed by atoms with van der Waals surface area (Å²) in [4.78, 5) is 2.61. The molecular weight excluding hydrogens is 186 g/mol. The monoisotopic (exact) mass is 211 g/mol. The smallest absolute Gasteiger partial charge is 0.0586 e. The predicted molar refractivity (Wildman–Crippen MR) is 62.9 cm³/mol. The highest BCUT2D eigenvalue weighted by molar-refractivity contribution is 4.85. The van der Waals surface area contributed by atoms with E-state index in [1.807, 2.05) is 0 Å². The van der Waals surface area contributed by atoms with Crippen LogP contribution in [0.25, 0.3) is 0 Å². The van der Waals surface area contributed by atoms with E-state index in [4.69, 9.17) is 0 Å². The zero-order valence-electron chi connectivity index (χ0n) is 9.99. The van der Waals surface area contributed by atoms with Crippen LogP contribution in [-0.4, -0.2) is 35.2 Å². The molecule has 1 saturated carbocycles. The molecule has 2 fully saturated rings. The van der Waals surface area contributed by atoms with E-state index in [1.165, 1.54) is 51.5 Å². The average Bonchev–Trinajstić information content (AvgIpc) is 2.30. The fourth-order valence-electron chi connectivity index (χ4n) is 3.27. The number of hydrogen-bond donors (Lipinski definition) is 1. The van der Waals surface area contributed by atoms with Gasteiger partial charge in [-0.3, -0.25) is 4.90 Å². The predicted octanol–water partition coefficient (Wildman–Crippen LogP) is 2.41. The van der Waals surface area contributed by atoms with Crippen molar-refractivity contribution in [1.29, 1.82) is 0 Å². The molecule has 1 aliphatic carbocycles. The van der Waals surface area contributed by atoms with Crippen molar-refractivity contribution in [1.82, 2.24) is 4.90 Å². The molecule has 0 bridgehead atoms. The van der Waals surface area contributed by atoms with E-state index >= 15 is 0 Å². The normalized spacial score (nSPS) is 39.2. The van der Waals surface area contributed by atoms with Gasteiger partial charge in [0.15, 0.2) is 0 Å². The van der Waals surface area contributed by atoms with E-state index < -0.39 is 0 Å². The highest BCUT2D eigenvalue weighted by Crippen LogP contribution is 2.30. The number of piperidine rings is 1. The van der Waals surface area contributed by atoms with Crippen LogP contribution in [0.1, 0.15) is 51.9 Å². The Labute approximate surface area is 93.7 Å². The van der Waals surface area contributed by atoms with Crippen LogP contribution >= 0.6 is 0 Å². The van der Waals surface area contributed by atoms with Crippen LogP contribution in [0, 0.1) is 5.92 Å². The van der Waals surface area contributed by atoms with Crippen molar-refractivity contribution in [3.05, 3.63) is 0 Å². The molecule has 1 saturated heterocycles. The van der Waals surface area contributed by atoms with Crippen molar-refractivity contribution in [3.63, 3.8) is 0 Å². The van der Waals surface area contributed by atoms with Crippen LogP contribution in [-0.2, 0) is 0 Å². The third-order valence-corrected chi connectivity index (χ3v) is 4.34. The lowest BCUT2D eigenvalue weighted by Crippen LogP contribution is -2.49. The van der Waals surface area contributed by atoms with Crippen molar-refractivity contribution in [2.75, 3.05) is 13.2 Å². The van der Waals surface area contributed by atoms with Gasteiger partial charge in [0.2, 0.25) is 0 Å². The first-order chi connectivity index (χ1) is 7.31. The van der Waals surface area contributed by atoms with Crippen molar-refractivity contribution in [2.45, 2.75) is 64.0 Å². The summed E-state index contributed by atoms with van der Waals surface area (Å²) >= 11 is 0. The fourth-order valence-corrected chi connectivity index (χ4v) is 3.27. The molecular formula is C13H25NO. The van der Waals surface area contributed by atoms with Crippen LogP contribution < -0.4 is 0 Å². The Hall–Kier alpha value is -0.0800. The molecule has 0 unspecified atom stereocenters. The van der Waals surface area contributed by atoms with Gasteiger partial charge in [-0.05, 0) is 51.0 Å². The summed E-state index contributed by atoms with van der Waals surface area (Å²) in [6.07, 6.45) is 9.35. The van der Waals surface area contributed by atoms with Crippen molar-refractivity contribution in [3.8, 4) is 0 Å². The minimum absolute atomic E-state index is 0.367. The van der Waals surface area contributed by atoms with Gasteiger partial charge in [0, 0.05) is 12.1 Å². The molecule has 2 rings (SSSR count). The summed E-state index contributed by atoms with van der Waals surface area (Å²) in [5.41, 5.74) is 0. The zero-order valence-corrected chi connectivity index (χ0v) is 9.99. The molecule has 2 heteroatoms. The van der Waals surface area contributed by atoms with E-state index in [-0.39, 0.29) is 0 Å². The van der Waals surface area contributed by atoms with Crippen LogP contribution in [0.15, 0.2) is 0 Å². The Balaban J connectivity index is 1.90. The number of likely N-dealkylation sites (tertiary alicyclic amines) is 1. The van der Waals surface area contributed by atoms with Crippen LogP contribution in [0.4, 0.5) is 0 Å². The van der Waals surface area contributed by atoms with Crippen molar-refractivity contribution >= 4 is 0 Å². The summed E-state index contributed by atoms with van der Waals surface area (Å²) in [7, 11) is 0. The maximum absolute atomic E-state index is 9.40. The Morgan fingerprint density at radius 2 is 1.80 bits per heavy atom. The summed E-state index contributed by atoms with van der Waals surface area (Å²) in [5, 5.41) is 9.40. The maximum Gasteiger partial charge on any atom is 0.0586 e. The minimum Gasteiger partial charge on any atom is -0.395 e. The molecule has 0 radical (unpaired) electrons. The number of hydrogen-bond acceptors (Lipinski definition) is 2. The van der Waals surface area contributed by atoms with Gasteiger partial charge in [-0.2, -0.15) is 0 Å². The van der Waals surface area contributed by atoms with Gasteiger partial charge in [-0.1, -0.05) is 13.3 Å². The SMILES string of the molecule is CC1CCC(N2CCCC[C@H]2CO)CC1. The molecule has 15 heavy (non-hydrogen) atoms. The third kappa shape index (κ3) is 2.73. The molecule has 0 amide bonds. The highest BCUT2D eigenvalue weighted by atomic mass is 16.3. The minimum atomic E-state index is 0.367. The second kappa shape index (κ2) is 5.31. The second-order valence-electron chi connectivity index (χ2n) is 5.48. The van der Waals surface area contributed by atoms with E-state index in [2.05, 4.69) is 11.8 Å². The van der Waals surface area contributed by atoms with Crippen molar-refractivity contribution in [2.24, 2.45) is 5.92 Å². The van der Waals surface area contributed by atoms with Gasteiger partial charge >= 0.3 is 0 Å². The van der Waals surface area contributed by atoms with Crippen LogP contribution in [0.3, 0.4) is 0 Å². The first-order valence-electron chi connectivity index (χ1n) is 6.68. The van der Waals surface area contributed by atoms with Gasteiger partial charge < -0.3 is 5.11 Å². The third-order valence-electron chi connectivity index (χ3n) is 4.34. The largest absolute Gasteiger partial charge is 0.395 e. The molecule has 0 aromatic carbocycles. The quantitative estimate of drug-likeness (QED) is 0.758. The molecule has 2 nitrogen and oxygen atoms in total. The standard InChI is InChI=1S/C13H25NO/c1-11-5-7-12(8-6-11)14-9-3-2-4-13(14)10-15/h11-13,15H,2-10H2,1H3/t11?,12?,13-/m0/s1. The number of rotatable bonds is 2. The first-order valence-corrected chi connectivity index (χ1v) is 6.68. The van der Waals surface area contributed by atoms with Crippen molar-refractivity contribution < 1.29 is 5.11 Å². The Kier molecular flexibility index (Phi) is 4.04. The van der Waals surface area contributed by atoms with Gasteiger partial charge in [0.1, 0.15) is 0 Å². The molecule has 0 aromatic heterocycles. The van der Waals surface area contributed by atoms with Gasteiger partial charge in [-0.15, -0.1) is 0 Å². The van der Waals surface area contributed by atoms with Gasteiger partial charge in [-0.25, -0.2) is 0 Å². The molecule has 1 heterocycles. The molecule has 1 atom stereocenters. The van der Waals surface area contributed by atoms with E-state index in [0.717, 1.165) is 12.0 Å². The number of aliphatic hydroxyl groups excluding tert-OH is 1. The lowest BCUT2D eigenvalue weighted by molar-refractivity contribution is 0.0330. The van der Waals surface area contributed by atoms with E-state index in [1.54, 1.807) is 0 Å². The first kappa shape index (κ1) is 11.4. The molecule has 1 N–H and O–H groups in total. The molecule has 1 aliphatic heterocycles. The zero-order chi connectivity index (χ0) is 10.7. The Morgan fingerprint density at radius 1 is 1.07 bits per heavy atom.